The molecule has 4 heterocycles. The number of fused-ring (bicyclic) bond motifs is 2. The topological polar surface area (TPSA) is 93.4 Å². The molecular weight excluding hydrogens is 411 g/mol. The molecule has 32 heavy (non-hydrogen) atoms. The van der Waals surface area contributed by atoms with Crippen molar-refractivity contribution in [1.29, 1.82) is 0 Å². The Balaban J connectivity index is 1.67. The number of hydrogen-bond acceptors (Lipinski definition) is 6. The number of carbonyl (C=O) groups excluding carboxylic acids is 1. The second kappa shape index (κ2) is 7.92. The van der Waals surface area contributed by atoms with Crippen LogP contribution >= 0.6 is 0 Å². The average Bonchev–Trinajstić information content (AvgIpc) is 3.19. The van der Waals surface area contributed by atoms with Crippen LogP contribution < -0.4 is 15.4 Å². The lowest BCUT2D eigenvalue weighted by atomic mass is 10.1. The van der Waals surface area contributed by atoms with Gasteiger partial charge in [-0.05, 0) is 25.5 Å². The van der Waals surface area contributed by atoms with Gasteiger partial charge in [0.2, 0.25) is 5.88 Å². The van der Waals surface area contributed by atoms with Crippen LogP contribution in [0.5, 0.6) is 5.88 Å². The summed E-state index contributed by atoms with van der Waals surface area (Å²) in [5, 5.41) is 10.5. The number of pyridine rings is 1. The van der Waals surface area contributed by atoms with Gasteiger partial charge in [-0.1, -0.05) is 29.8 Å². The SMILES string of the molecule is Cc1cccc(-c2cn3ncc4c3nc2NCc2cc(F)cnc2O[C@@H](C)CNC4=O)c1. The maximum absolute atomic E-state index is 13.9. The van der Waals surface area contributed by atoms with E-state index in [2.05, 4.69) is 20.7 Å². The molecule has 1 atom stereocenters. The lowest BCUT2D eigenvalue weighted by molar-refractivity contribution is 0.0932. The molecular formula is C23H21FN6O2. The Labute approximate surface area is 183 Å². The van der Waals surface area contributed by atoms with Crippen LogP contribution in [0.15, 0.2) is 48.9 Å². The van der Waals surface area contributed by atoms with E-state index in [1.165, 1.54) is 12.3 Å². The number of anilines is 1. The molecule has 162 valence electrons. The van der Waals surface area contributed by atoms with Crippen LogP contribution in [0.1, 0.15) is 28.4 Å². The molecule has 0 unspecified atom stereocenters. The summed E-state index contributed by atoms with van der Waals surface area (Å²) < 4.78 is 21.4. The number of carbonyl (C=O) groups is 1. The number of amides is 1. The fourth-order valence-electron chi connectivity index (χ4n) is 3.67. The van der Waals surface area contributed by atoms with Crippen molar-refractivity contribution in [2.75, 3.05) is 11.9 Å². The molecule has 2 N–H and O–H groups in total. The van der Waals surface area contributed by atoms with Gasteiger partial charge < -0.3 is 15.4 Å². The molecule has 1 aliphatic rings. The molecule has 0 fully saturated rings. The molecule has 0 aliphatic carbocycles. The van der Waals surface area contributed by atoms with Gasteiger partial charge in [0, 0.05) is 23.9 Å². The fraction of sp³-hybridized carbons (Fsp3) is 0.217. The van der Waals surface area contributed by atoms with Crippen LogP contribution in [0.25, 0.3) is 16.8 Å². The number of nitrogens with zero attached hydrogens (tertiary/aromatic N) is 4. The van der Waals surface area contributed by atoms with Crippen LogP contribution in [0.4, 0.5) is 10.2 Å². The summed E-state index contributed by atoms with van der Waals surface area (Å²) in [5.41, 5.74) is 4.16. The number of ether oxygens (including phenoxy) is 1. The highest BCUT2D eigenvalue weighted by molar-refractivity contribution is 6.00. The van der Waals surface area contributed by atoms with E-state index >= 15 is 0 Å². The van der Waals surface area contributed by atoms with Gasteiger partial charge in [0.15, 0.2) is 5.65 Å². The Bertz CT molecular complexity index is 1340. The van der Waals surface area contributed by atoms with Crippen molar-refractivity contribution in [1.82, 2.24) is 24.9 Å². The summed E-state index contributed by atoms with van der Waals surface area (Å²) in [4.78, 5) is 21.6. The summed E-state index contributed by atoms with van der Waals surface area (Å²) >= 11 is 0. The van der Waals surface area contributed by atoms with Crippen LogP contribution in [0.3, 0.4) is 0 Å². The van der Waals surface area contributed by atoms with Crippen molar-refractivity contribution in [2.45, 2.75) is 26.5 Å². The van der Waals surface area contributed by atoms with E-state index in [-0.39, 0.29) is 25.1 Å². The molecule has 3 aromatic heterocycles. The smallest absolute Gasteiger partial charge is 0.256 e. The van der Waals surface area contributed by atoms with Crippen LogP contribution in [-0.2, 0) is 6.54 Å². The lowest BCUT2D eigenvalue weighted by Crippen LogP contribution is -2.33. The van der Waals surface area contributed by atoms with E-state index in [1.807, 2.05) is 44.3 Å². The molecule has 2 bridgehead atoms. The third-order valence-corrected chi connectivity index (χ3v) is 5.27. The van der Waals surface area contributed by atoms with Crippen molar-refractivity contribution < 1.29 is 13.9 Å². The highest BCUT2D eigenvalue weighted by Crippen LogP contribution is 2.30. The van der Waals surface area contributed by atoms with E-state index in [0.29, 0.717) is 28.5 Å². The van der Waals surface area contributed by atoms with Gasteiger partial charge in [0.25, 0.3) is 5.91 Å². The van der Waals surface area contributed by atoms with Gasteiger partial charge in [-0.25, -0.2) is 18.9 Å². The van der Waals surface area contributed by atoms with E-state index in [0.717, 1.165) is 22.9 Å². The number of aromatic nitrogens is 4. The molecule has 1 aromatic carbocycles. The number of benzene rings is 1. The Morgan fingerprint density at radius 2 is 2.06 bits per heavy atom. The number of halogens is 1. The minimum atomic E-state index is -0.459. The zero-order chi connectivity index (χ0) is 22.2. The summed E-state index contributed by atoms with van der Waals surface area (Å²) in [5.74, 6) is 0.0878. The van der Waals surface area contributed by atoms with Gasteiger partial charge in [-0.15, -0.1) is 0 Å². The Hall–Kier alpha value is -4.01. The molecule has 0 saturated carbocycles. The third-order valence-electron chi connectivity index (χ3n) is 5.27. The van der Waals surface area contributed by atoms with E-state index < -0.39 is 5.82 Å². The number of aryl methyl sites for hydroxylation is 1. The third kappa shape index (κ3) is 3.73. The molecule has 0 saturated heterocycles. The van der Waals surface area contributed by atoms with E-state index in [9.17, 15) is 9.18 Å². The predicted octanol–water partition coefficient (Wildman–Crippen LogP) is 3.36. The largest absolute Gasteiger partial charge is 0.473 e. The van der Waals surface area contributed by atoms with E-state index in [1.54, 1.807) is 4.52 Å². The monoisotopic (exact) mass is 432 g/mol. The number of hydrogen-bond donors (Lipinski definition) is 2. The molecule has 4 aromatic rings. The van der Waals surface area contributed by atoms with Crippen molar-refractivity contribution in [2.24, 2.45) is 0 Å². The normalized spacial score (nSPS) is 16.2. The van der Waals surface area contributed by atoms with E-state index in [4.69, 9.17) is 9.72 Å². The van der Waals surface area contributed by atoms with Gasteiger partial charge in [-0.2, -0.15) is 5.10 Å². The van der Waals surface area contributed by atoms with Gasteiger partial charge in [0.1, 0.15) is 23.3 Å². The number of nitrogens with one attached hydrogen (secondary N) is 2. The minimum absolute atomic E-state index is 0.236. The Morgan fingerprint density at radius 1 is 1.19 bits per heavy atom. The van der Waals surface area contributed by atoms with Gasteiger partial charge in [0.05, 0.1) is 18.9 Å². The summed E-state index contributed by atoms with van der Waals surface area (Å²) in [7, 11) is 0. The average molecular weight is 432 g/mol. The second-order valence-corrected chi connectivity index (χ2v) is 7.81. The predicted molar refractivity (Wildman–Crippen MR) is 117 cm³/mol. The minimum Gasteiger partial charge on any atom is -0.473 e. The van der Waals surface area contributed by atoms with Crippen LogP contribution in [0.2, 0.25) is 0 Å². The van der Waals surface area contributed by atoms with Crippen molar-refractivity contribution in [3.8, 4) is 17.0 Å². The van der Waals surface area contributed by atoms with Gasteiger partial charge in [-0.3, -0.25) is 4.79 Å². The first kappa shape index (κ1) is 19.9. The van der Waals surface area contributed by atoms with Gasteiger partial charge >= 0.3 is 0 Å². The van der Waals surface area contributed by atoms with Crippen molar-refractivity contribution in [3.63, 3.8) is 0 Å². The first-order valence-corrected chi connectivity index (χ1v) is 10.3. The highest BCUT2D eigenvalue weighted by atomic mass is 19.1. The maximum Gasteiger partial charge on any atom is 0.256 e. The molecule has 1 amide bonds. The standard InChI is InChI=1S/C23H21FN6O2/c1-13-4-3-5-15(6-13)19-12-30-21-18(11-28-30)22(31)26-8-14(2)32-23-16(7-17(24)10-27-23)9-25-20(19)29-21/h3-7,10-12,14H,8-9H2,1-2H3,(H,25,29)(H,26,31)/t14-/m0/s1. The van der Waals surface area contributed by atoms with Crippen molar-refractivity contribution in [3.05, 3.63) is 71.4 Å². The molecule has 5 rings (SSSR count). The zero-order valence-corrected chi connectivity index (χ0v) is 17.6. The zero-order valence-electron chi connectivity index (χ0n) is 17.6. The van der Waals surface area contributed by atoms with Crippen molar-refractivity contribution >= 4 is 17.4 Å². The molecule has 1 aliphatic heterocycles. The first-order chi connectivity index (χ1) is 15.5. The second-order valence-electron chi connectivity index (χ2n) is 7.81. The maximum atomic E-state index is 13.9. The number of rotatable bonds is 1. The summed E-state index contributed by atoms with van der Waals surface area (Å²) in [6.45, 7) is 4.30. The first-order valence-electron chi connectivity index (χ1n) is 10.3. The quantitative estimate of drug-likeness (QED) is 0.479. The summed E-state index contributed by atoms with van der Waals surface area (Å²) in [6, 6.07) is 9.38. The fourth-order valence-corrected chi connectivity index (χ4v) is 3.67. The van der Waals surface area contributed by atoms with Crippen LogP contribution in [0, 0.1) is 12.7 Å². The molecule has 9 heteroatoms. The highest BCUT2D eigenvalue weighted by Gasteiger charge is 2.20. The molecule has 0 spiro atoms. The Kier molecular flexibility index (Phi) is 4.93. The Morgan fingerprint density at radius 3 is 2.91 bits per heavy atom. The van der Waals surface area contributed by atoms with Crippen LogP contribution in [-0.4, -0.2) is 38.1 Å². The molecule has 8 nitrogen and oxygen atoms in total. The lowest BCUT2D eigenvalue weighted by Gasteiger charge is -2.17. The molecule has 0 radical (unpaired) electrons. The summed E-state index contributed by atoms with van der Waals surface area (Å²) in [6.07, 6.45) is 4.07.